The van der Waals surface area contributed by atoms with Crippen molar-refractivity contribution in [1.29, 1.82) is 0 Å². The van der Waals surface area contributed by atoms with Gasteiger partial charge in [-0.3, -0.25) is 0 Å². The van der Waals surface area contributed by atoms with Crippen molar-refractivity contribution in [3.8, 4) is 5.75 Å². The number of ether oxygens (including phenoxy) is 1. The molecule has 5 heteroatoms. The molecule has 2 aromatic rings. The smallest absolute Gasteiger partial charge is 0.142 e. The number of benzene rings is 2. The first-order valence-electron chi connectivity index (χ1n) is 6.20. The molecule has 0 aliphatic carbocycles. The molecule has 2 nitrogen and oxygen atoms in total. The fraction of sp³-hybridized carbons (Fsp3) is 0.200. The zero-order chi connectivity index (χ0) is 14.5. The Kier molecular flexibility index (Phi) is 5.10. The Hall–Kier alpha value is -1.45. The monoisotopic (exact) mass is 313 g/mol. The van der Waals surface area contributed by atoms with Crippen LogP contribution in [0.15, 0.2) is 36.4 Å². The molecule has 0 amide bonds. The van der Waals surface area contributed by atoms with Gasteiger partial charge in [-0.25, -0.2) is 4.39 Å². The maximum Gasteiger partial charge on any atom is 0.142 e. The van der Waals surface area contributed by atoms with E-state index in [4.69, 9.17) is 27.9 Å². The summed E-state index contributed by atoms with van der Waals surface area (Å²) in [6.45, 7) is 2.93. The van der Waals surface area contributed by atoms with Crippen molar-refractivity contribution in [1.82, 2.24) is 0 Å². The molecule has 2 rings (SSSR count). The summed E-state index contributed by atoms with van der Waals surface area (Å²) in [5.74, 6) is 0.367. The summed E-state index contributed by atoms with van der Waals surface area (Å²) in [5.41, 5.74) is 1.58. The van der Waals surface area contributed by atoms with Gasteiger partial charge in [0.05, 0.1) is 12.3 Å². The van der Waals surface area contributed by atoms with E-state index in [1.165, 1.54) is 12.1 Å². The SMILES string of the molecule is CCOc1ccc(Cl)cc1NCc1ccc(F)cc1Cl. The Morgan fingerprint density at radius 2 is 1.95 bits per heavy atom. The fourth-order valence-electron chi connectivity index (χ4n) is 1.78. The lowest BCUT2D eigenvalue weighted by Crippen LogP contribution is -2.03. The third-order valence-electron chi connectivity index (χ3n) is 2.73. The molecule has 2 aromatic carbocycles. The topological polar surface area (TPSA) is 21.3 Å². The van der Waals surface area contributed by atoms with E-state index in [1.807, 2.05) is 6.92 Å². The van der Waals surface area contributed by atoms with Crippen molar-refractivity contribution < 1.29 is 9.13 Å². The molecule has 0 atom stereocenters. The number of anilines is 1. The number of hydrogen-bond donors (Lipinski definition) is 1. The highest BCUT2D eigenvalue weighted by molar-refractivity contribution is 6.31. The van der Waals surface area contributed by atoms with Crippen molar-refractivity contribution in [2.45, 2.75) is 13.5 Å². The number of rotatable bonds is 5. The average molecular weight is 314 g/mol. The molecule has 1 N–H and O–H groups in total. The number of hydrogen-bond acceptors (Lipinski definition) is 2. The summed E-state index contributed by atoms with van der Waals surface area (Å²) in [4.78, 5) is 0. The van der Waals surface area contributed by atoms with Crippen LogP contribution in [0.4, 0.5) is 10.1 Å². The van der Waals surface area contributed by atoms with Gasteiger partial charge < -0.3 is 10.1 Å². The predicted octanol–water partition coefficient (Wildman–Crippen LogP) is 5.14. The largest absolute Gasteiger partial charge is 0.492 e. The van der Waals surface area contributed by atoms with Gasteiger partial charge in [0.25, 0.3) is 0 Å². The lowest BCUT2D eigenvalue weighted by molar-refractivity contribution is 0.341. The summed E-state index contributed by atoms with van der Waals surface area (Å²) in [7, 11) is 0. The van der Waals surface area contributed by atoms with Crippen molar-refractivity contribution in [3.05, 3.63) is 57.8 Å². The minimum absolute atomic E-state index is 0.350. The van der Waals surface area contributed by atoms with Crippen LogP contribution in [0.2, 0.25) is 10.0 Å². The molecule has 0 spiro atoms. The summed E-state index contributed by atoms with van der Waals surface area (Å²) >= 11 is 12.0. The molecule has 0 bridgehead atoms. The Labute approximate surface area is 127 Å². The Balaban J connectivity index is 2.15. The van der Waals surface area contributed by atoms with Crippen molar-refractivity contribution in [2.24, 2.45) is 0 Å². The van der Waals surface area contributed by atoms with Crippen LogP contribution >= 0.6 is 23.2 Å². The first-order valence-corrected chi connectivity index (χ1v) is 6.96. The van der Waals surface area contributed by atoms with Crippen molar-refractivity contribution >= 4 is 28.9 Å². The highest BCUT2D eigenvalue weighted by Gasteiger charge is 2.06. The number of nitrogens with one attached hydrogen (secondary N) is 1. The van der Waals surface area contributed by atoms with Crippen LogP contribution in [-0.4, -0.2) is 6.61 Å². The second kappa shape index (κ2) is 6.82. The van der Waals surface area contributed by atoms with Crippen LogP contribution in [0.25, 0.3) is 0 Å². The molecule has 0 saturated heterocycles. The molecule has 0 aliphatic heterocycles. The standard InChI is InChI=1S/C15H14Cl2FNO/c1-2-20-15-6-4-11(16)7-14(15)19-9-10-3-5-12(18)8-13(10)17/h3-8,19H,2,9H2,1H3. The van der Waals surface area contributed by atoms with Crippen LogP contribution in [-0.2, 0) is 6.54 Å². The molecular weight excluding hydrogens is 300 g/mol. The predicted molar refractivity (Wildman–Crippen MR) is 81.4 cm³/mol. The summed E-state index contributed by atoms with van der Waals surface area (Å²) in [6, 6.07) is 9.67. The lowest BCUT2D eigenvalue weighted by Gasteiger charge is -2.13. The second-order valence-electron chi connectivity index (χ2n) is 4.16. The van der Waals surface area contributed by atoms with E-state index in [9.17, 15) is 4.39 Å². The van der Waals surface area contributed by atoms with Gasteiger partial charge in [-0.2, -0.15) is 0 Å². The molecule has 0 radical (unpaired) electrons. The number of halogens is 3. The van der Waals surface area contributed by atoms with E-state index in [-0.39, 0.29) is 5.82 Å². The van der Waals surface area contributed by atoms with Crippen LogP contribution in [0.3, 0.4) is 0 Å². The average Bonchev–Trinajstić information content (AvgIpc) is 2.41. The molecular formula is C15H14Cl2FNO. The molecule has 0 heterocycles. The molecule has 0 aromatic heterocycles. The van der Waals surface area contributed by atoms with Gasteiger partial charge in [0.1, 0.15) is 11.6 Å². The summed E-state index contributed by atoms with van der Waals surface area (Å²) in [6.07, 6.45) is 0. The van der Waals surface area contributed by atoms with Crippen LogP contribution in [0.1, 0.15) is 12.5 Å². The first kappa shape index (κ1) is 14.9. The Bertz CT molecular complexity index is 604. The fourth-order valence-corrected chi connectivity index (χ4v) is 2.18. The Morgan fingerprint density at radius 3 is 2.65 bits per heavy atom. The Morgan fingerprint density at radius 1 is 1.15 bits per heavy atom. The molecule has 0 aliphatic rings. The van der Waals surface area contributed by atoms with E-state index in [1.54, 1.807) is 24.3 Å². The third kappa shape index (κ3) is 3.78. The normalized spacial score (nSPS) is 10.4. The van der Waals surface area contributed by atoms with Gasteiger partial charge in [0, 0.05) is 16.6 Å². The minimum atomic E-state index is -0.350. The molecule has 106 valence electrons. The molecule has 0 fully saturated rings. The summed E-state index contributed by atoms with van der Waals surface area (Å²) in [5, 5.41) is 4.20. The van der Waals surface area contributed by atoms with Crippen molar-refractivity contribution in [2.75, 3.05) is 11.9 Å². The van der Waals surface area contributed by atoms with Gasteiger partial charge in [-0.15, -0.1) is 0 Å². The quantitative estimate of drug-likeness (QED) is 0.824. The van der Waals surface area contributed by atoms with E-state index in [0.717, 1.165) is 17.0 Å². The van der Waals surface area contributed by atoms with E-state index in [0.29, 0.717) is 23.2 Å². The van der Waals surface area contributed by atoms with Gasteiger partial charge in [-0.05, 0) is 42.8 Å². The second-order valence-corrected chi connectivity index (χ2v) is 5.01. The zero-order valence-corrected chi connectivity index (χ0v) is 12.4. The van der Waals surface area contributed by atoms with Gasteiger partial charge in [-0.1, -0.05) is 29.3 Å². The minimum Gasteiger partial charge on any atom is -0.492 e. The van der Waals surface area contributed by atoms with Crippen LogP contribution < -0.4 is 10.1 Å². The molecule has 0 saturated carbocycles. The lowest BCUT2D eigenvalue weighted by atomic mass is 10.2. The maximum absolute atomic E-state index is 13.0. The highest BCUT2D eigenvalue weighted by atomic mass is 35.5. The van der Waals surface area contributed by atoms with E-state index < -0.39 is 0 Å². The van der Waals surface area contributed by atoms with Gasteiger partial charge in [0.15, 0.2) is 0 Å². The van der Waals surface area contributed by atoms with E-state index in [2.05, 4.69) is 5.32 Å². The van der Waals surface area contributed by atoms with Crippen LogP contribution in [0.5, 0.6) is 5.75 Å². The van der Waals surface area contributed by atoms with Crippen LogP contribution in [0, 0.1) is 5.82 Å². The maximum atomic E-state index is 13.0. The molecule has 0 unspecified atom stereocenters. The van der Waals surface area contributed by atoms with Gasteiger partial charge >= 0.3 is 0 Å². The highest BCUT2D eigenvalue weighted by Crippen LogP contribution is 2.29. The van der Waals surface area contributed by atoms with E-state index >= 15 is 0 Å². The zero-order valence-electron chi connectivity index (χ0n) is 10.9. The third-order valence-corrected chi connectivity index (χ3v) is 3.31. The van der Waals surface area contributed by atoms with Crippen molar-refractivity contribution in [3.63, 3.8) is 0 Å². The van der Waals surface area contributed by atoms with Gasteiger partial charge in [0.2, 0.25) is 0 Å². The first-order chi connectivity index (χ1) is 9.60. The summed E-state index contributed by atoms with van der Waals surface area (Å²) < 4.78 is 18.5. The molecule has 20 heavy (non-hydrogen) atoms.